The van der Waals surface area contributed by atoms with Crippen LogP contribution < -0.4 is 11.1 Å². The van der Waals surface area contributed by atoms with Gasteiger partial charge in [-0.3, -0.25) is 4.79 Å². The van der Waals surface area contributed by atoms with Gasteiger partial charge in [-0.15, -0.1) is 0 Å². The molecule has 1 aliphatic heterocycles. The molecule has 2 aromatic carbocycles. The topological polar surface area (TPSA) is 129 Å². The molecule has 0 unspecified atom stereocenters. The maximum absolute atomic E-state index is 14.0. The van der Waals surface area contributed by atoms with Crippen LogP contribution in [0.25, 0.3) is 0 Å². The zero-order chi connectivity index (χ0) is 24.5. The number of carbonyl (C=O) groups excluding carboxylic acids is 1. The first-order chi connectivity index (χ1) is 16.2. The SMILES string of the molecule is N#Cc1ccc(S(=O)(=O)N2CCC[C@@H](Nc3nc(N)c(C(=O)c4c(F)cccc4F)s3)C2)cc1. The molecule has 1 aromatic heterocycles. The summed E-state index contributed by atoms with van der Waals surface area (Å²) in [5, 5.41) is 12.3. The van der Waals surface area contributed by atoms with Gasteiger partial charge in [0.1, 0.15) is 22.3 Å². The third-order valence-corrected chi connectivity index (χ3v) is 8.26. The third kappa shape index (κ3) is 4.63. The van der Waals surface area contributed by atoms with Crippen molar-refractivity contribution in [3.8, 4) is 6.07 Å². The number of aromatic nitrogens is 1. The van der Waals surface area contributed by atoms with Crippen LogP contribution in [0.3, 0.4) is 0 Å². The number of sulfonamides is 1. The number of halogens is 2. The molecule has 0 bridgehead atoms. The second kappa shape index (κ2) is 9.46. The van der Waals surface area contributed by atoms with Gasteiger partial charge in [0, 0.05) is 19.1 Å². The van der Waals surface area contributed by atoms with Crippen molar-refractivity contribution in [1.29, 1.82) is 5.26 Å². The number of nitrogen functional groups attached to an aromatic ring is 1. The van der Waals surface area contributed by atoms with E-state index in [1.54, 1.807) is 0 Å². The number of nitrogens with two attached hydrogens (primary N) is 1. The van der Waals surface area contributed by atoms with Crippen molar-refractivity contribution in [2.75, 3.05) is 24.1 Å². The summed E-state index contributed by atoms with van der Waals surface area (Å²) in [7, 11) is -3.77. The molecule has 3 aromatic rings. The number of benzene rings is 2. The second-order valence-corrected chi connectivity index (χ2v) is 10.6. The fourth-order valence-corrected chi connectivity index (χ4v) is 6.12. The predicted molar refractivity (Wildman–Crippen MR) is 123 cm³/mol. The van der Waals surface area contributed by atoms with Gasteiger partial charge in [0.05, 0.1) is 22.1 Å². The first kappa shape index (κ1) is 23.7. The molecular weight excluding hydrogens is 484 g/mol. The summed E-state index contributed by atoms with van der Waals surface area (Å²) < 4.78 is 55.4. The monoisotopic (exact) mass is 503 g/mol. The van der Waals surface area contributed by atoms with E-state index >= 15 is 0 Å². The molecule has 12 heteroatoms. The van der Waals surface area contributed by atoms with Crippen molar-refractivity contribution >= 4 is 38.1 Å². The Labute approximate surface area is 198 Å². The number of ketones is 1. The van der Waals surface area contributed by atoms with Crippen LogP contribution in [-0.2, 0) is 10.0 Å². The molecule has 1 aliphatic rings. The molecule has 1 atom stereocenters. The van der Waals surface area contributed by atoms with Crippen molar-refractivity contribution in [2.45, 2.75) is 23.8 Å². The molecule has 176 valence electrons. The van der Waals surface area contributed by atoms with Gasteiger partial charge in [0.25, 0.3) is 0 Å². The molecule has 34 heavy (non-hydrogen) atoms. The predicted octanol–water partition coefficient (Wildman–Crippen LogP) is 3.37. The van der Waals surface area contributed by atoms with Crippen LogP contribution >= 0.6 is 11.3 Å². The lowest BCUT2D eigenvalue weighted by Gasteiger charge is -2.32. The van der Waals surface area contributed by atoms with Crippen molar-refractivity contribution in [3.63, 3.8) is 0 Å². The lowest BCUT2D eigenvalue weighted by atomic mass is 10.1. The highest BCUT2D eigenvalue weighted by Crippen LogP contribution is 2.31. The summed E-state index contributed by atoms with van der Waals surface area (Å²) in [6.45, 7) is 0.476. The Bertz CT molecular complexity index is 1360. The number of hydrogen-bond donors (Lipinski definition) is 2. The molecule has 8 nitrogen and oxygen atoms in total. The first-order valence-corrected chi connectivity index (χ1v) is 12.5. The molecule has 2 heterocycles. The van der Waals surface area contributed by atoms with Gasteiger partial charge in [0.2, 0.25) is 15.8 Å². The summed E-state index contributed by atoms with van der Waals surface area (Å²) >= 11 is 0.854. The molecule has 0 radical (unpaired) electrons. The maximum Gasteiger partial charge on any atom is 0.243 e. The standard InChI is InChI=1S/C22H19F2N5O3S2/c23-16-4-1-5-17(24)18(16)19(30)20-21(26)28-22(33-20)27-14-3-2-10-29(12-14)34(31,32)15-8-6-13(11-25)7-9-15/h1,4-9,14H,2-3,10,12,26H2,(H,27,28)/t14-/m1/s1. The van der Waals surface area contributed by atoms with Gasteiger partial charge in [-0.25, -0.2) is 22.2 Å². The average Bonchev–Trinajstić information content (AvgIpc) is 3.18. The quantitative estimate of drug-likeness (QED) is 0.494. The molecule has 1 fully saturated rings. The smallest absolute Gasteiger partial charge is 0.243 e. The Morgan fingerprint density at radius 3 is 2.53 bits per heavy atom. The lowest BCUT2D eigenvalue weighted by molar-refractivity contribution is 0.103. The van der Waals surface area contributed by atoms with E-state index in [-0.39, 0.29) is 33.3 Å². The highest BCUT2D eigenvalue weighted by atomic mass is 32.2. The number of piperidine rings is 1. The molecule has 0 aliphatic carbocycles. The number of thiazole rings is 1. The Balaban J connectivity index is 1.50. The minimum Gasteiger partial charge on any atom is -0.382 e. The van der Waals surface area contributed by atoms with Crippen LogP contribution in [0.1, 0.15) is 33.6 Å². The highest BCUT2D eigenvalue weighted by Gasteiger charge is 2.31. The van der Waals surface area contributed by atoms with Crippen molar-refractivity contribution in [3.05, 3.63) is 70.1 Å². The van der Waals surface area contributed by atoms with Crippen LogP contribution in [0.5, 0.6) is 0 Å². The molecule has 1 saturated heterocycles. The minimum absolute atomic E-state index is 0.0884. The van der Waals surface area contributed by atoms with E-state index in [9.17, 15) is 22.0 Å². The van der Waals surface area contributed by atoms with Crippen LogP contribution in [0.2, 0.25) is 0 Å². The van der Waals surface area contributed by atoms with Gasteiger partial charge in [0.15, 0.2) is 5.13 Å². The second-order valence-electron chi connectivity index (χ2n) is 7.64. The molecule has 4 rings (SSSR count). The van der Waals surface area contributed by atoms with Gasteiger partial charge in [-0.05, 0) is 49.2 Å². The Morgan fingerprint density at radius 1 is 1.21 bits per heavy atom. The van der Waals surface area contributed by atoms with E-state index in [4.69, 9.17) is 11.0 Å². The average molecular weight is 504 g/mol. The summed E-state index contributed by atoms with van der Waals surface area (Å²) in [4.78, 5) is 16.8. The fraction of sp³-hybridized carbons (Fsp3) is 0.227. The van der Waals surface area contributed by atoms with Crippen LogP contribution in [0.15, 0.2) is 47.4 Å². The Hall–Kier alpha value is -3.40. The summed E-state index contributed by atoms with van der Waals surface area (Å²) in [5.74, 6) is -3.07. The Kier molecular flexibility index (Phi) is 6.60. The maximum atomic E-state index is 14.0. The van der Waals surface area contributed by atoms with E-state index < -0.39 is 33.0 Å². The normalized spacial score (nSPS) is 16.7. The van der Waals surface area contributed by atoms with E-state index in [0.717, 1.165) is 29.5 Å². The van der Waals surface area contributed by atoms with E-state index in [1.165, 1.54) is 28.6 Å². The molecule has 0 saturated carbocycles. The third-order valence-electron chi connectivity index (χ3n) is 5.38. The Morgan fingerprint density at radius 2 is 1.88 bits per heavy atom. The van der Waals surface area contributed by atoms with E-state index in [2.05, 4.69) is 10.3 Å². The minimum atomic E-state index is -3.77. The lowest BCUT2D eigenvalue weighted by Crippen LogP contribution is -2.45. The molecule has 0 spiro atoms. The fourth-order valence-electron chi connectivity index (χ4n) is 3.69. The largest absolute Gasteiger partial charge is 0.382 e. The number of nitrogens with one attached hydrogen (secondary N) is 1. The number of carbonyl (C=O) groups is 1. The summed E-state index contributed by atoms with van der Waals surface area (Å²) in [5.41, 5.74) is 5.50. The molecular formula is C22H19F2N5O3S2. The zero-order valence-electron chi connectivity index (χ0n) is 17.7. The first-order valence-electron chi connectivity index (χ1n) is 10.2. The number of hydrogen-bond acceptors (Lipinski definition) is 8. The van der Waals surface area contributed by atoms with Crippen LogP contribution in [0, 0.1) is 23.0 Å². The zero-order valence-corrected chi connectivity index (χ0v) is 19.3. The van der Waals surface area contributed by atoms with Crippen molar-refractivity contribution in [1.82, 2.24) is 9.29 Å². The number of nitriles is 1. The summed E-state index contributed by atoms with van der Waals surface area (Å²) in [6.07, 6.45) is 1.23. The van der Waals surface area contributed by atoms with Crippen LogP contribution in [-0.4, -0.2) is 42.6 Å². The molecule has 3 N–H and O–H groups in total. The van der Waals surface area contributed by atoms with Gasteiger partial charge >= 0.3 is 0 Å². The summed E-state index contributed by atoms with van der Waals surface area (Å²) in [6, 6.07) is 10.4. The van der Waals surface area contributed by atoms with Crippen LogP contribution in [0.4, 0.5) is 19.7 Å². The molecule has 0 amide bonds. The van der Waals surface area contributed by atoms with Gasteiger partial charge in [-0.2, -0.15) is 9.57 Å². The number of nitrogens with zero attached hydrogens (tertiary/aromatic N) is 3. The number of anilines is 2. The van der Waals surface area contributed by atoms with Gasteiger partial charge < -0.3 is 11.1 Å². The number of rotatable bonds is 6. The highest BCUT2D eigenvalue weighted by molar-refractivity contribution is 7.89. The van der Waals surface area contributed by atoms with Crippen molar-refractivity contribution in [2.24, 2.45) is 0 Å². The van der Waals surface area contributed by atoms with Crippen molar-refractivity contribution < 1.29 is 22.0 Å². The van der Waals surface area contributed by atoms with Gasteiger partial charge in [-0.1, -0.05) is 17.4 Å². The van der Waals surface area contributed by atoms with E-state index in [0.29, 0.717) is 24.9 Å². The van der Waals surface area contributed by atoms with E-state index in [1.807, 2.05) is 6.07 Å².